The number of benzene rings is 2. The van der Waals surface area contributed by atoms with Crippen molar-refractivity contribution < 1.29 is 18.7 Å². The highest BCUT2D eigenvalue weighted by molar-refractivity contribution is 6.00. The van der Waals surface area contributed by atoms with Crippen LogP contribution in [-0.4, -0.2) is 18.2 Å². The zero-order valence-electron chi connectivity index (χ0n) is 13.2. The van der Waals surface area contributed by atoms with Crippen LogP contribution in [0.2, 0.25) is 0 Å². The van der Waals surface area contributed by atoms with E-state index < -0.39 is 5.72 Å². The summed E-state index contributed by atoms with van der Waals surface area (Å²) in [5.41, 5.74) is 1.81. The van der Waals surface area contributed by atoms with E-state index in [0.717, 1.165) is 16.8 Å². The second-order valence-electron chi connectivity index (χ2n) is 6.25. The number of hydrogen-bond acceptors (Lipinski definition) is 4. The number of amides is 1. The van der Waals surface area contributed by atoms with E-state index in [1.807, 2.05) is 13.0 Å². The van der Waals surface area contributed by atoms with Gasteiger partial charge in [-0.25, -0.2) is 4.39 Å². The normalized spacial score (nSPS) is 21.3. The standard InChI is InChI=1S/C18H17FN2O3/c1-18(20-9-11-2-4-12(19)5-3-11)10-23-15-7-6-14-13(17(15)24-18)8-16(22)21-14/h2-7,20H,8-10H2,1H3,(H,21,22). The summed E-state index contributed by atoms with van der Waals surface area (Å²) >= 11 is 0. The molecule has 2 aromatic rings. The highest BCUT2D eigenvalue weighted by atomic mass is 19.1. The Kier molecular flexibility index (Phi) is 3.42. The van der Waals surface area contributed by atoms with Crippen LogP contribution >= 0.6 is 0 Å². The SMILES string of the molecule is CC1(NCc2ccc(F)cc2)COc2ccc3c(c2O1)CC(=O)N3. The summed E-state index contributed by atoms with van der Waals surface area (Å²) in [5, 5.41) is 6.11. The minimum atomic E-state index is -0.734. The molecule has 4 rings (SSSR count). The van der Waals surface area contributed by atoms with Gasteiger partial charge in [0.15, 0.2) is 17.2 Å². The molecule has 6 heteroatoms. The van der Waals surface area contributed by atoms with Crippen molar-refractivity contribution in [2.45, 2.75) is 25.6 Å². The Morgan fingerprint density at radius 3 is 2.83 bits per heavy atom. The van der Waals surface area contributed by atoms with E-state index in [0.29, 0.717) is 24.7 Å². The third-order valence-corrected chi connectivity index (χ3v) is 4.25. The van der Waals surface area contributed by atoms with Crippen molar-refractivity contribution in [1.82, 2.24) is 5.32 Å². The van der Waals surface area contributed by atoms with Crippen molar-refractivity contribution in [2.75, 3.05) is 11.9 Å². The van der Waals surface area contributed by atoms with E-state index in [9.17, 15) is 9.18 Å². The molecule has 24 heavy (non-hydrogen) atoms. The minimum Gasteiger partial charge on any atom is -0.484 e. The van der Waals surface area contributed by atoms with Crippen LogP contribution in [0.5, 0.6) is 11.5 Å². The Balaban J connectivity index is 1.53. The molecular formula is C18H17FN2O3. The average Bonchev–Trinajstić information content (AvgIpc) is 2.95. The van der Waals surface area contributed by atoms with E-state index >= 15 is 0 Å². The molecule has 2 N–H and O–H groups in total. The third kappa shape index (κ3) is 2.69. The molecule has 0 saturated carbocycles. The van der Waals surface area contributed by atoms with Gasteiger partial charge in [-0.3, -0.25) is 10.1 Å². The lowest BCUT2D eigenvalue weighted by molar-refractivity contribution is -0.115. The number of carbonyl (C=O) groups excluding carboxylic acids is 1. The molecule has 124 valence electrons. The first-order chi connectivity index (χ1) is 11.5. The lowest BCUT2D eigenvalue weighted by Gasteiger charge is -2.37. The van der Waals surface area contributed by atoms with Crippen LogP contribution in [0.4, 0.5) is 10.1 Å². The Morgan fingerprint density at radius 2 is 2.04 bits per heavy atom. The van der Waals surface area contributed by atoms with Crippen LogP contribution in [-0.2, 0) is 17.8 Å². The fourth-order valence-corrected chi connectivity index (χ4v) is 2.93. The maximum atomic E-state index is 13.0. The van der Waals surface area contributed by atoms with Crippen molar-refractivity contribution in [1.29, 1.82) is 0 Å². The summed E-state index contributed by atoms with van der Waals surface area (Å²) in [7, 11) is 0. The van der Waals surface area contributed by atoms with Crippen LogP contribution in [0.25, 0.3) is 0 Å². The maximum Gasteiger partial charge on any atom is 0.229 e. The molecule has 0 radical (unpaired) electrons. The van der Waals surface area contributed by atoms with Crippen LogP contribution in [0.1, 0.15) is 18.1 Å². The zero-order valence-corrected chi connectivity index (χ0v) is 13.2. The molecule has 1 amide bonds. The van der Waals surface area contributed by atoms with Gasteiger partial charge < -0.3 is 14.8 Å². The first kappa shape index (κ1) is 15.0. The molecule has 0 saturated heterocycles. The van der Waals surface area contributed by atoms with Crippen LogP contribution < -0.4 is 20.1 Å². The number of anilines is 1. The van der Waals surface area contributed by atoms with Gasteiger partial charge in [0.1, 0.15) is 12.4 Å². The summed E-state index contributed by atoms with van der Waals surface area (Å²) in [5.74, 6) is 0.940. The molecule has 0 bridgehead atoms. The van der Waals surface area contributed by atoms with Gasteiger partial charge in [0.25, 0.3) is 0 Å². The average molecular weight is 328 g/mol. The Bertz CT molecular complexity index is 807. The van der Waals surface area contributed by atoms with E-state index in [-0.39, 0.29) is 18.1 Å². The number of ether oxygens (including phenoxy) is 2. The second-order valence-corrected chi connectivity index (χ2v) is 6.25. The van der Waals surface area contributed by atoms with Crippen LogP contribution in [0, 0.1) is 5.82 Å². The molecule has 2 aliphatic heterocycles. The lowest BCUT2D eigenvalue weighted by Crippen LogP contribution is -2.53. The van der Waals surface area contributed by atoms with Gasteiger partial charge in [-0.1, -0.05) is 12.1 Å². The number of rotatable bonds is 3. The van der Waals surface area contributed by atoms with Crippen molar-refractivity contribution in [3.05, 3.63) is 53.3 Å². The Morgan fingerprint density at radius 1 is 1.25 bits per heavy atom. The van der Waals surface area contributed by atoms with Gasteiger partial charge in [-0.2, -0.15) is 0 Å². The topological polar surface area (TPSA) is 59.6 Å². The van der Waals surface area contributed by atoms with Crippen LogP contribution in [0.3, 0.4) is 0 Å². The largest absolute Gasteiger partial charge is 0.484 e. The summed E-state index contributed by atoms with van der Waals surface area (Å²) in [6.07, 6.45) is 0.288. The monoisotopic (exact) mass is 328 g/mol. The molecule has 5 nitrogen and oxygen atoms in total. The van der Waals surface area contributed by atoms with E-state index in [4.69, 9.17) is 9.47 Å². The van der Waals surface area contributed by atoms with Crippen molar-refractivity contribution in [3.8, 4) is 11.5 Å². The zero-order chi connectivity index (χ0) is 16.7. The van der Waals surface area contributed by atoms with E-state index in [1.165, 1.54) is 12.1 Å². The molecular weight excluding hydrogens is 311 g/mol. The first-order valence-corrected chi connectivity index (χ1v) is 7.79. The van der Waals surface area contributed by atoms with Gasteiger partial charge in [-0.05, 0) is 36.8 Å². The molecule has 1 unspecified atom stereocenters. The molecule has 2 aromatic carbocycles. The van der Waals surface area contributed by atoms with Gasteiger partial charge >= 0.3 is 0 Å². The maximum absolute atomic E-state index is 13.0. The molecule has 1 atom stereocenters. The smallest absolute Gasteiger partial charge is 0.229 e. The van der Waals surface area contributed by atoms with Gasteiger partial charge in [0.2, 0.25) is 5.91 Å². The quantitative estimate of drug-likeness (QED) is 0.909. The molecule has 0 fully saturated rings. The van der Waals surface area contributed by atoms with Crippen molar-refractivity contribution in [2.24, 2.45) is 0 Å². The second kappa shape index (κ2) is 5.49. The predicted molar refractivity (Wildman–Crippen MR) is 86.5 cm³/mol. The molecule has 0 aliphatic carbocycles. The van der Waals surface area contributed by atoms with Gasteiger partial charge in [0, 0.05) is 17.8 Å². The minimum absolute atomic E-state index is 0.0476. The fraction of sp³-hybridized carbons (Fsp3) is 0.278. The third-order valence-electron chi connectivity index (χ3n) is 4.25. The molecule has 0 aromatic heterocycles. The highest BCUT2D eigenvalue weighted by Gasteiger charge is 2.36. The highest BCUT2D eigenvalue weighted by Crippen LogP contribution is 2.43. The number of nitrogens with one attached hydrogen (secondary N) is 2. The first-order valence-electron chi connectivity index (χ1n) is 7.79. The van der Waals surface area contributed by atoms with Crippen molar-refractivity contribution in [3.63, 3.8) is 0 Å². The number of hydrogen-bond donors (Lipinski definition) is 2. The molecule has 2 heterocycles. The number of fused-ring (bicyclic) bond motifs is 3. The Hall–Kier alpha value is -2.60. The number of carbonyl (C=O) groups is 1. The van der Waals surface area contributed by atoms with Crippen LogP contribution in [0.15, 0.2) is 36.4 Å². The molecule has 0 spiro atoms. The van der Waals surface area contributed by atoms with E-state index in [1.54, 1.807) is 18.2 Å². The number of halogens is 1. The summed E-state index contributed by atoms with van der Waals surface area (Å²) < 4.78 is 25.0. The van der Waals surface area contributed by atoms with Gasteiger partial charge in [-0.15, -0.1) is 0 Å². The summed E-state index contributed by atoms with van der Waals surface area (Å²) in [6.45, 7) is 2.74. The molecule has 2 aliphatic rings. The van der Waals surface area contributed by atoms with Gasteiger partial charge in [0.05, 0.1) is 6.42 Å². The predicted octanol–water partition coefficient (Wildman–Crippen LogP) is 2.60. The summed E-state index contributed by atoms with van der Waals surface area (Å²) in [4.78, 5) is 11.6. The lowest BCUT2D eigenvalue weighted by atomic mass is 10.1. The summed E-state index contributed by atoms with van der Waals surface area (Å²) in [6, 6.07) is 9.94. The fourth-order valence-electron chi connectivity index (χ4n) is 2.93. The Labute approximate surface area is 138 Å². The van der Waals surface area contributed by atoms with E-state index in [2.05, 4.69) is 10.6 Å². The van der Waals surface area contributed by atoms with Crippen molar-refractivity contribution >= 4 is 11.6 Å².